The summed E-state index contributed by atoms with van der Waals surface area (Å²) in [5.41, 5.74) is -2.19. The standard InChI is InChI=1S/C22H47O8P/c1-14-24-31(23,25-17(2)15-21(10,11)29-27-19(4,5)6)26-18(3)16-22(12,13)30-28-20(7,8)9/h17-18H,14-16H2,1-13H3. The Hall–Kier alpha value is -0.0500. The highest BCUT2D eigenvalue weighted by molar-refractivity contribution is 7.48. The van der Waals surface area contributed by atoms with Gasteiger partial charge >= 0.3 is 7.82 Å². The molecule has 0 saturated heterocycles. The lowest BCUT2D eigenvalue weighted by Gasteiger charge is -2.33. The quantitative estimate of drug-likeness (QED) is 0.156. The van der Waals surface area contributed by atoms with E-state index in [4.69, 9.17) is 33.1 Å². The molecule has 0 aliphatic carbocycles. The normalized spacial score (nSPS) is 18.0. The Bertz CT molecular complexity index is 519. The van der Waals surface area contributed by atoms with E-state index in [0.717, 1.165) is 0 Å². The Kier molecular flexibility index (Phi) is 11.9. The van der Waals surface area contributed by atoms with Gasteiger partial charge in [-0.15, -0.1) is 0 Å². The van der Waals surface area contributed by atoms with Crippen molar-refractivity contribution in [3.05, 3.63) is 0 Å². The Morgan fingerprint density at radius 1 is 0.645 bits per heavy atom. The third-order valence-electron chi connectivity index (χ3n) is 3.50. The smallest absolute Gasteiger partial charge is 0.287 e. The van der Waals surface area contributed by atoms with Crippen molar-refractivity contribution in [2.45, 2.75) is 137 Å². The highest BCUT2D eigenvalue weighted by Gasteiger charge is 2.36. The lowest BCUT2D eigenvalue weighted by Crippen LogP contribution is -2.35. The third kappa shape index (κ3) is 16.2. The molecule has 2 atom stereocenters. The van der Waals surface area contributed by atoms with E-state index >= 15 is 0 Å². The molecule has 2 unspecified atom stereocenters. The molecule has 0 fully saturated rings. The molecule has 31 heavy (non-hydrogen) atoms. The first kappa shape index (κ1) is 30.9. The van der Waals surface area contributed by atoms with Gasteiger partial charge < -0.3 is 0 Å². The molecule has 8 nitrogen and oxygen atoms in total. The number of phosphoric acid groups is 1. The van der Waals surface area contributed by atoms with Crippen LogP contribution in [0.5, 0.6) is 0 Å². The third-order valence-corrected chi connectivity index (χ3v) is 5.31. The molecule has 0 heterocycles. The minimum atomic E-state index is -3.80. The molecule has 0 aromatic heterocycles. The molecule has 0 aliphatic rings. The molecule has 0 aromatic carbocycles. The van der Waals surface area contributed by atoms with Gasteiger partial charge in [0, 0.05) is 12.8 Å². The molecule has 0 N–H and O–H groups in total. The lowest BCUT2D eigenvalue weighted by molar-refractivity contribution is -0.400. The van der Waals surface area contributed by atoms with Crippen molar-refractivity contribution in [2.24, 2.45) is 0 Å². The zero-order valence-electron chi connectivity index (χ0n) is 22.0. The van der Waals surface area contributed by atoms with Gasteiger partial charge in [0.15, 0.2) is 0 Å². The van der Waals surface area contributed by atoms with Crippen molar-refractivity contribution in [2.75, 3.05) is 6.61 Å². The Morgan fingerprint density at radius 2 is 0.968 bits per heavy atom. The van der Waals surface area contributed by atoms with Crippen LogP contribution in [-0.2, 0) is 37.7 Å². The Labute approximate surface area is 190 Å². The molecular formula is C22H47O8P. The van der Waals surface area contributed by atoms with Crippen LogP contribution in [-0.4, -0.2) is 41.2 Å². The summed E-state index contributed by atoms with van der Waals surface area (Å²) in [6.07, 6.45) is -0.0778. The molecular weight excluding hydrogens is 423 g/mol. The molecule has 0 aliphatic heterocycles. The second-order valence-electron chi connectivity index (χ2n) is 11.2. The molecule has 0 bridgehead atoms. The molecule has 0 rings (SSSR count). The van der Waals surface area contributed by atoms with Crippen LogP contribution in [0.25, 0.3) is 0 Å². The largest absolute Gasteiger partial charge is 0.475 e. The molecule has 0 spiro atoms. The maximum Gasteiger partial charge on any atom is 0.475 e. The highest BCUT2D eigenvalue weighted by Crippen LogP contribution is 2.53. The molecule has 0 aromatic rings. The van der Waals surface area contributed by atoms with Gasteiger partial charge in [0.25, 0.3) is 0 Å². The Balaban J connectivity index is 4.96. The predicted molar refractivity (Wildman–Crippen MR) is 122 cm³/mol. The maximum absolute atomic E-state index is 13.2. The number of phosphoric ester groups is 1. The zero-order chi connectivity index (χ0) is 24.7. The van der Waals surface area contributed by atoms with E-state index in [0.29, 0.717) is 12.8 Å². The van der Waals surface area contributed by atoms with Gasteiger partial charge in [0.1, 0.15) is 11.2 Å². The van der Waals surface area contributed by atoms with E-state index in [-0.39, 0.29) is 6.61 Å². The highest BCUT2D eigenvalue weighted by atomic mass is 31.2. The topological polar surface area (TPSA) is 81.7 Å². The van der Waals surface area contributed by atoms with Crippen LogP contribution in [0.1, 0.15) is 103 Å². The summed E-state index contributed by atoms with van der Waals surface area (Å²) in [7, 11) is -3.80. The first-order valence-corrected chi connectivity index (χ1v) is 12.5. The maximum atomic E-state index is 13.2. The van der Waals surface area contributed by atoms with Crippen molar-refractivity contribution in [3.63, 3.8) is 0 Å². The van der Waals surface area contributed by atoms with Crippen molar-refractivity contribution >= 4 is 7.82 Å². The van der Waals surface area contributed by atoms with E-state index < -0.39 is 42.4 Å². The number of rotatable bonds is 14. The van der Waals surface area contributed by atoms with Crippen LogP contribution < -0.4 is 0 Å². The second-order valence-corrected chi connectivity index (χ2v) is 12.8. The molecule has 9 heteroatoms. The van der Waals surface area contributed by atoms with Gasteiger partial charge in [-0.05, 0) is 90.0 Å². The summed E-state index contributed by atoms with van der Waals surface area (Å²) < 4.78 is 30.1. The van der Waals surface area contributed by atoms with Crippen molar-refractivity contribution in [3.8, 4) is 0 Å². The SMILES string of the molecule is CCOP(=O)(OC(C)CC(C)(C)OOC(C)(C)C)OC(C)CC(C)(C)OOC(C)(C)C. The fourth-order valence-electron chi connectivity index (χ4n) is 2.69. The van der Waals surface area contributed by atoms with E-state index in [9.17, 15) is 4.57 Å². The fraction of sp³-hybridized carbons (Fsp3) is 1.00. The predicted octanol–water partition coefficient (Wildman–Crippen LogP) is 6.77. The van der Waals surface area contributed by atoms with E-state index in [1.54, 1.807) is 20.8 Å². The van der Waals surface area contributed by atoms with Crippen LogP contribution in [0.4, 0.5) is 0 Å². The summed E-state index contributed by atoms with van der Waals surface area (Å²) in [6.45, 7) is 24.4. The van der Waals surface area contributed by atoms with Crippen LogP contribution in [0.2, 0.25) is 0 Å². The van der Waals surface area contributed by atoms with Gasteiger partial charge in [-0.2, -0.15) is 0 Å². The number of hydrogen-bond donors (Lipinski definition) is 0. The molecule has 0 amide bonds. The Morgan fingerprint density at radius 3 is 1.23 bits per heavy atom. The second kappa shape index (κ2) is 11.9. The minimum Gasteiger partial charge on any atom is -0.287 e. The zero-order valence-corrected chi connectivity index (χ0v) is 22.9. The van der Waals surface area contributed by atoms with Crippen molar-refractivity contribution in [1.29, 1.82) is 0 Å². The lowest BCUT2D eigenvalue weighted by atomic mass is 10.0. The molecule has 188 valence electrons. The van der Waals surface area contributed by atoms with Crippen LogP contribution >= 0.6 is 7.82 Å². The number of hydrogen-bond acceptors (Lipinski definition) is 8. The van der Waals surface area contributed by atoms with Gasteiger partial charge in [-0.1, -0.05) is 0 Å². The molecule has 0 radical (unpaired) electrons. The van der Waals surface area contributed by atoms with Crippen LogP contribution in [0.15, 0.2) is 0 Å². The monoisotopic (exact) mass is 470 g/mol. The molecule has 0 saturated carbocycles. The van der Waals surface area contributed by atoms with Gasteiger partial charge in [0.2, 0.25) is 0 Å². The van der Waals surface area contributed by atoms with E-state index in [2.05, 4.69) is 0 Å². The van der Waals surface area contributed by atoms with E-state index in [1.165, 1.54) is 0 Å². The van der Waals surface area contributed by atoms with Crippen molar-refractivity contribution in [1.82, 2.24) is 0 Å². The summed E-state index contributed by atoms with van der Waals surface area (Å²) in [5.74, 6) is 0. The van der Waals surface area contributed by atoms with E-state index in [1.807, 2.05) is 69.2 Å². The summed E-state index contributed by atoms with van der Waals surface area (Å²) >= 11 is 0. The van der Waals surface area contributed by atoms with Crippen molar-refractivity contribution < 1.29 is 37.7 Å². The van der Waals surface area contributed by atoms with Gasteiger partial charge in [-0.3, -0.25) is 13.6 Å². The van der Waals surface area contributed by atoms with Gasteiger partial charge in [-0.25, -0.2) is 24.1 Å². The first-order valence-electron chi connectivity index (χ1n) is 11.0. The summed E-state index contributed by atoms with van der Waals surface area (Å²) in [6, 6.07) is 0. The van der Waals surface area contributed by atoms with Crippen LogP contribution in [0, 0.1) is 0 Å². The van der Waals surface area contributed by atoms with Crippen LogP contribution in [0.3, 0.4) is 0 Å². The average molecular weight is 471 g/mol. The fourth-order valence-corrected chi connectivity index (χ4v) is 4.21. The van der Waals surface area contributed by atoms with Gasteiger partial charge in [0.05, 0.1) is 30.0 Å². The average Bonchev–Trinajstić information content (AvgIpc) is 2.48. The first-order chi connectivity index (χ1) is 13.7. The summed E-state index contributed by atoms with van der Waals surface area (Å²) in [4.78, 5) is 22.0. The minimum absolute atomic E-state index is 0.191. The summed E-state index contributed by atoms with van der Waals surface area (Å²) in [5, 5.41) is 0.